The fourth-order valence-electron chi connectivity index (χ4n) is 2.17. The van der Waals surface area contributed by atoms with Crippen LogP contribution in [-0.4, -0.2) is 34.7 Å². The minimum absolute atomic E-state index is 0.324. The molecule has 0 bridgehead atoms. The normalized spacial score (nSPS) is 12.8. The number of alkyl halides is 1. The largest absolute Gasteiger partial charge is 0.392 e. The number of thiazole rings is 1. The Morgan fingerprint density at radius 3 is 2.80 bits per heavy atom. The fraction of sp³-hybridized carbons (Fsp3) is 0.400. The van der Waals surface area contributed by atoms with Crippen molar-refractivity contribution < 1.29 is 5.11 Å². The summed E-state index contributed by atoms with van der Waals surface area (Å²) in [5.74, 6) is 0.445. The van der Waals surface area contributed by atoms with Gasteiger partial charge in [0.15, 0.2) is 0 Å². The number of benzene rings is 1. The van der Waals surface area contributed by atoms with E-state index in [1.165, 1.54) is 5.56 Å². The van der Waals surface area contributed by atoms with E-state index < -0.39 is 0 Å². The lowest BCUT2D eigenvalue weighted by Crippen LogP contribution is -2.26. The van der Waals surface area contributed by atoms with Crippen molar-refractivity contribution in [1.82, 2.24) is 9.88 Å². The van der Waals surface area contributed by atoms with Gasteiger partial charge in [-0.05, 0) is 19.5 Å². The molecule has 1 aromatic carbocycles. The van der Waals surface area contributed by atoms with Crippen molar-refractivity contribution in [3.8, 4) is 10.6 Å². The molecular weight excluding hydrogens is 292 g/mol. The summed E-state index contributed by atoms with van der Waals surface area (Å²) < 4.78 is 0. The van der Waals surface area contributed by atoms with Crippen LogP contribution in [0.1, 0.15) is 18.2 Å². The van der Waals surface area contributed by atoms with Crippen LogP contribution in [0.2, 0.25) is 0 Å². The Kier molecular flexibility index (Phi) is 5.54. The zero-order chi connectivity index (χ0) is 14.5. The highest BCUT2D eigenvalue weighted by Crippen LogP contribution is 2.28. The molecule has 0 amide bonds. The molecule has 5 heteroatoms. The van der Waals surface area contributed by atoms with Crippen LogP contribution < -0.4 is 0 Å². The Bertz CT molecular complexity index is 556. The second kappa shape index (κ2) is 7.18. The van der Waals surface area contributed by atoms with E-state index in [-0.39, 0.29) is 6.10 Å². The molecule has 0 aliphatic rings. The number of aliphatic hydroxyl groups excluding tert-OH is 1. The molecule has 1 aromatic heterocycles. The van der Waals surface area contributed by atoms with Crippen LogP contribution in [0.5, 0.6) is 0 Å². The van der Waals surface area contributed by atoms with Gasteiger partial charge in [-0.2, -0.15) is 0 Å². The first-order valence-electron chi connectivity index (χ1n) is 6.55. The van der Waals surface area contributed by atoms with Crippen molar-refractivity contribution in [1.29, 1.82) is 0 Å². The van der Waals surface area contributed by atoms with E-state index in [9.17, 15) is 5.11 Å². The molecular formula is C15H19ClN2OS. The SMILES string of the molecule is CC(O)CN(C)Cc1ccccc1-c1nc(CCl)cs1. The van der Waals surface area contributed by atoms with E-state index >= 15 is 0 Å². The summed E-state index contributed by atoms with van der Waals surface area (Å²) in [5, 5.41) is 12.5. The monoisotopic (exact) mass is 310 g/mol. The minimum atomic E-state index is -0.324. The summed E-state index contributed by atoms with van der Waals surface area (Å²) in [7, 11) is 2.01. The first-order chi connectivity index (χ1) is 9.60. The van der Waals surface area contributed by atoms with Gasteiger partial charge in [0.25, 0.3) is 0 Å². The molecule has 0 saturated carbocycles. The van der Waals surface area contributed by atoms with Crippen molar-refractivity contribution in [2.24, 2.45) is 0 Å². The van der Waals surface area contributed by atoms with Gasteiger partial charge >= 0.3 is 0 Å². The predicted molar refractivity (Wildman–Crippen MR) is 85.1 cm³/mol. The summed E-state index contributed by atoms with van der Waals surface area (Å²) in [6.07, 6.45) is -0.324. The molecule has 0 spiro atoms. The Labute approximate surface area is 128 Å². The lowest BCUT2D eigenvalue weighted by atomic mass is 10.1. The molecule has 3 nitrogen and oxygen atoms in total. The molecule has 0 aliphatic carbocycles. The summed E-state index contributed by atoms with van der Waals surface area (Å²) in [5.41, 5.74) is 3.27. The third-order valence-electron chi connectivity index (χ3n) is 2.95. The van der Waals surface area contributed by atoms with Gasteiger partial charge in [0, 0.05) is 24.0 Å². The third kappa shape index (κ3) is 4.03. The van der Waals surface area contributed by atoms with E-state index in [1.807, 2.05) is 24.6 Å². The zero-order valence-corrected chi connectivity index (χ0v) is 13.3. The van der Waals surface area contributed by atoms with Crippen LogP contribution in [0.15, 0.2) is 29.6 Å². The highest BCUT2D eigenvalue weighted by atomic mass is 35.5. The van der Waals surface area contributed by atoms with E-state index in [2.05, 4.69) is 22.0 Å². The number of aliphatic hydroxyl groups is 1. The molecule has 20 heavy (non-hydrogen) atoms. The quantitative estimate of drug-likeness (QED) is 0.831. The Morgan fingerprint density at radius 1 is 1.40 bits per heavy atom. The Hall–Kier alpha value is -0.940. The van der Waals surface area contributed by atoms with Crippen LogP contribution in [0.3, 0.4) is 0 Å². The summed E-state index contributed by atoms with van der Waals surface area (Å²) in [6, 6.07) is 8.25. The van der Waals surface area contributed by atoms with Crippen molar-refractivity contribution in [3.63, 3.8) is 0 Å². The predicted octanol–water partition coefficient (Wildman–Crippen LogP) is 3.36. The van der Waals surface area contributed by atoms with Crippen molar-refractivity contribution in [2.75, 3.05) is 13.6 Å². The highest BCUT2D eigenvalue weighted by molar-refractivity contribution is 7.13. The van der Waals surface area contributed by atoms with Crippen LogP contribution in [0, 0.1) is 0 Å². The third-order valence-corrected chi connectivity index (χ3v) is 4.15. The fourth-order valence-corrected chi connectivity index (χ4v) is 3.27. The summed E-state index contributed by atoms with van der Waals surface area (Å²) >= 11 is 7.44. The number of halogens is 1. The molecule has 1 atom stereocenters. The van der Waals surface area contributed by atoms with Gasteiger partial charge in [-0.1, -0.05) is 24.3 Å². The van der Waals surface area contributed by atoms with E-state index in [0.29, 0.717) is 12.4 Å². The lowest BCUT2D eigenvalue weighted by Gasteiger charge is -2.19. The first-order valence-corrected chi connectivity index (χ1v) is 7.97. The maximum atomic E-state index is 9.46. The second-order valence-electron chi connectivity index (χ2n) is 4.98. The number of aromatic nitrogens is 1. The maximum absolute atomic E-state index is 9.46. The molecule has 1 N–H and O–H groups in total. The molecule has 2 aromatic rings. The molecule has 0 aliphatic heterocycles. The lowest BCUT2D eigenvalue weighted by molar-refractivity contribution is 0.138. The summed E-state index contributed by atoms with van der Waals surface area (Å²) in [6.45, 7) is 3.24. The van der Waals surface area contributed by atoms with Crippen LogP contribution in [0.4, 0.5) is 0 Å². The number of likely N-dealkylation sites (N-methyl/N-ethyl adjacent to an activating group) is 1. The van der Waals surface area contributed by atoms with E-state index in [1.54, 1.807) is 18.3 Å². The zero-order valence-electron chi connectivity index (χ0n) is 11.7. The van der Waals surface area contributed by atoms with Crippen molar-refractivity contribution >= 4 is 22.9 Å². The Balaban J connectivity index is 2.21. The molecule has 108 valence electrons. The van der Waals surface area contributed by atoms with Crippen molar-refractivity contribution in [2.45, 2.75) is 25.5 Å². The molecule has 2 rings (SSSR count). The van der Waals surface area contributed by atoms with Crippen molar-refractivity contribution in [3.05, 3.63) is 40.9 Å². The Morgan fingerprint density at radius 2 is 2.15 bits per heavy atom. The number of rotatable bonds is 6. The van der Waals surface area contributed by atoms with Gasteiger partial charge in [-0.25, -0.2) is 4.98 Å². The second-order valence-corrected chi connectivity index (χ2v) is 6.11. The average Bonchev–Trinajstić information content (AvgIpc) is 2.87. The summed E-state index contributed by atoms with van der Waals surface area (Å²) in [4.78, 5) is 6.66. The first kappa shape index (κ1) is 15.4. The molecule has 0 radical (unpaired) electrons. The van der Waals surface area contributed by atoms with E-state index in [0.717, 1.165) is 22.8 Å². The van der Waals surface area contributed by atoms with Gasteiger partial charge in [-0.3, -0.25) is 4.90 Å². The van der Waals surface area contributed by atoms with Gasteiger partial charge in [0.05, 0.1) is 17.7 Å². The highest BCUT2D eigenvalue weighted by Gasteiger charge is 2.11. The molecule has 1 unspecified atom stereocenters. The van der Waals surface area contributed by atoms with Crippen LogP contribution >= 0.6 is 22.9 Å². The van der Waals surface area contributed by atoms with Gasteiger partial charge < -0.3 is 5.11 Å². The van der Waals surface area contributed by atoms with Crippen LogP contribution in [-0.2, 0) is 12.4 Å². The average molecular weight is 311 g/mol. The minimum Gasteiger partial charge on any atom is -0.392 e. The standard InChI is InChI=1S/C15H19ClN2OS/c1-11(19)8-18(2)9-12-5-3-4-6-14(12)15-17-13(7-16)10-20-15/h3-6,10-11,19H,7-9H2,1-2H3. The maximum Gasteiger partial charge on any atom is 0.123 e. The number of hydrogen-bond acceptors (Lipinski definition) is 4. The number of hydrogen-bond donors (Lipinski definition) is 1. The topological polar surface area (TPSA) is 36.4 Å². The smallest absolute Gasteiger partial charge is 0.123 e. The van der Waals surface area contributed by atoms with E-state index in [4.69, 9.17) is 11.6 Å². The molecule has 0 fully saturated rings. The number of nitrogens with zero attached hydrogens (tertiary/aromatic N) is 2. The van der Waals surface area contributed by atoms with Gasteiger partial charge in [-0.15, -0.1) is 22.9 Å². The molecule has 0 saturated heterocycles. The van der Waals surface area contributed by atoms with Gasteiger partial charge in [0.1, 0.15) is 5.01 Å². The molecule has 1 heterocycles. The van der Waals surface area contributed by atoms with Gasteiger partial charge in [0.2, 0.25) is 0 Å². The van der Waals surface area contributed by atoms with Crippen LogP contribution in [0.25, 0.3) is 10.6 Å².